The lowest BCUT2D eigenvalue weighted by molar-refractivity contribution is -0.134. The van der Waals surface area contributed by atoms with Gasteiger partial charge in [-0.2, -0.15) is 13.2 Å². The fourth-order valence-corrected chi connectivity index (χ4v) is 0.283. The maximum Gasteiger partial charge on any atom is 0.389 e. The van der Waals surface area contributed by atoms with Crippen LogP contribution in [0.2, 0.25) is 0 Å². The van der Waals surface area contributed by atoms with Crippen molar-refractivity contribution in [2.24, 2.45) is 0 Å². The van der Waals surface area contributed by atoms with Crippen molar-refractivity contribution >= 4 is 0 Å². The van der Waals surface area contributed by atoms with E-state index in [-0.39, 0.29) is 11.1 Å². The molecule has 0 saturated carbocycles. The highest BCUT2D eigenvalue weighted by Crippen LogP contribution is 2.20. The van der Waals surface area contributed by atoms with Crippen molar-refractivity contribution in [2.45, 2.75) is 25.9 Å². The Bertz CT molecular complexity index is 46.5. The van der Waals surface area contributed by atoms with E-state index in [0.717, 1.165) is 0 Å². The Balaban J connectivity index is 0. The highest BCUT2D eigenvalue weighted by atomic mass is 19.4. The van der Waals surface area contributed by atoms with Crippen molar-refractivity contribution in [1.29, 1.82) is 0 Å². The molecule has 0 aromatic heterocycles. The summed E-state index contributed by atoms with van der Waals surface area (Å²) in [5, 5.41) is 0. The highest BCUT2D eigenvalue weighted by Gasteiger charge is 2.24. The molecule has 0 saturated heterocycles. The standard InChI is InChI=1S/C4H7F3.FH/c1-2-3-4(5,6)7;/h2-3H2,1H3;1H. The number of halogens is 4. The zero-order valence-electron chi connectivity index (χ0n) is 4.46. The van der Waals surface area contributed by atoms with Crippen LogP contribution in [0.1, 0.15) is 19.8 Å². The van der Waals surface area contributed by atoms with Crippen molar-refractivity contribution in [2.75, 3.05) is 0 Å². The lowest BCUT2D eigenvalue weighted by Crippen LogP contribution is -2.04. The molecule has 0 bridgehead atoms. The summed E-state index contributed by atoms with van der Waals surface area (Å²) >= 11 is 0. The summed E-state index contributed by atoms with van der Waals surface area (Å²) in [6.45, 7) is 1.51. The summed E-state index contributed by atoms with van der Waals surface area (Å²) in [5.41, 5.74) is 0. The molecule has 0 spiro atoms. The Morgan fingerprint density at radius 2 is 1.62 bits per heavy atom. The molecule has 0 aromatic rings. The molecule has 0 fully saturated rings. The smallest absolute Gasteiger partial charge is 0.269 e. The molecular weight excluding hydrogens is 124 g/mol. The first kappa shape index (κ1) is 10.7. The maximum atomic E-state index is 11.1. The van der Waals surface area contributed by atoms with Gasteiger partial charge in [0.1, 0.15) is 0 Å². The third kappa shape index (κ3) is 9.21. The van der Waals surface area contributed by atoms with Gasteiger partial charge in [0.05, 0.1) is 0 Å². The maximum absolute atomic E-state index is 11.1. The molecule has 0 unspecified atom stereocenters. The van der Waals surface area contributed by atoms with E-state index in [9.17, 15) is 13.2 Å². The Morgan fingerprint density at radius 1 is 1.25 bits per heavy atom. The first-order chi connectivity index (χ1) is 3.06. The molecule has 0 heterocycles. The topological polar surface area (TPSA) is 0 Å². The van der Waals surface area contributed by atoms with Crippen LogP contribution in [-0.4, -0.2) is 6.18 Å². The summed E-state index contributed by atoms with van der Waals surface area (Å²) < 4.78 is 33.2. The molecule has 52 valence electrons. The van der Waals surface area contributed by atoms with Gasteiger partial charge >= 0.3 is 6.18 Å². The zero-order chi connectivity index (χ0) is 5.91. The largest absolute Gasteiger partial charge is 0.389 e. The van der Waals surface area contributed by atoms with E-state index in [1.807, 2.05) is 0 Å². The lowest BCUT2D eigenvalue weighted by atomic mass is 10.3. The van der Waals surface area contributed by atoms with Crippen molar-refractivity contribution in [3.05, 3.63) is 0 Å². The average Bonchev–Trinajstić information content (AvgIpc) is 1.30. The molecule has 0 aliphatic carbocycles. The summed E-state index contributed by atoms with van der Waals surface area (Å²) in [4.78, 5) is 0. The molecule has 0 atom stereocenters. The van der Waals surface area contributed by atoms with Gasteiger partial charge in [-0.1, -0.05) is 6.92 Å². The van der Waals surface area contributed by atoms with Gasteiger partial charge in [-0.15, -0.1) is 0 Å². The SMILES string of the molecule is CCCC(F)(F)F.F. The Hall–Kier alpha value is -0.280. The molecule has 0 aliphatic rings. The second-order valence-corrected chi connectivity index (χ2v) is 1.37. The summed E-state index contributed by atoms with van der Waals surface area (Å²) in [7, 11) is 0. The first-order valence-electron chi connectivity index (χ1n) is 2.13. The van der Waals surface area contributed by atoms with E-state index >= 15 is 0 Å². The van der Waals surface area contributed by atoms with Crippen molar-refractivity contribution < 1.29 is 17.9 Å². The molecule has 0 N–H and O–H groups in total. The molecule has 0 nitrogen and oxygen atoms in total. The van der Waals surface area contributed by atoms with Crippen LogP contribution in [0.5, 0.6) is 0 Å². The second kappa shape index (κ2) is 3.69. The van der Waals surface area contributed by atoms with Crippen LogP contribution < -0.4 is 0 Å². The summed E-state index contributed by atoms with van der Waals surface area (Å²) in [6, 6.07) is 0. The van der Waals surface area contributed by atoms with Gasteiger partial charge in [-0.05, 0) is 6.42 Å². The van der Waals surface area contributed by atoms with Crippen LogP contribution in [0.4, 0.5) is 17.9 Å². The molecular formula is C4H8F4. The second-order valence-electron chi connectivity index (χ2n) is 1.37. The normalized spacial score (nSPS) is 10.5. The highest BCUT2D eigenvalue weighted by molar-refractivity contribution is 4.44. The van der Waals surface area contributed by atoms with Gasteiger partial charge in [0, 0.05) is 6.42 Å². The van der Waals surface area contributed by atoms with E-state index in [4.69, 9.17) is 0 Å². The van der Waals surface area contributed by atoms with Crippen LogP contribution in [0.15, 0.2) is 0 Å². The van der Waals surface area contributed by atoms with Crippen LogP contribution >= 0.6 is 0 Å². The molecule has 0 amide bonds. The fourth-order valence-electron chi connectivity index (χ4n) is 0.283. The van der Waals surface area contributed by atoms with Gasteiger partial charge in [0.25, 0.3) is 0 Å². The van der Waals surface area contributed by atoms with Gasteiger partial charge in [0.2, 0.25) is 0 Å². The average molecular weight is 132 g/mol. The zero-order valence-corrected chi connectivity index (χ0v) is 4.46. The van der Waals surface area contributed by atoms with E-state index in [1.54, 1.807) is 0 Å². The Labute approximate surface area is 45.1 Å². The molecule has 0 aliphatic heterocycles. The molecule has 4 heteroatoms. The predicted molar refractivity (Wildman–Crippen MR) is 23.5 cm³/mol. The molecule has 0 aromatic carbocycles. The third-order valence-corrected chi connectivity index (χ3v) is 0.533. The Kier molecular flexibility index (Phi) is 4.91. The van der Waals surface area contributed by atoms with Crippen LogP contribution in [0, 0.1) is 0 Å². The monoisotopic (exact) mass is 132 g/mol. The van der Waals surface area contributed by atoms with Gasteiger partial charge in [0.15, 0.2) is 0 Å². The van der Waals surface area contributed by atoms with E-state index < -0.39 is 12.6 Å². The minimum Gasteiger partial charge on any atom is -0.269 e. The summed E-state index contributed by atoms with van der Waals surface area (Å²) in [6.07, 6.45) is -4.43. The number of hydrogen-bond acceptors (Lipinski definition) is 0. The van der Waals surface area contributed by atoms with Gasteiger partial charge in [-0.25, -0.2) is 0 Å². The van der Waals surface area contributed by atoms with E-state index in [0.29, 0.717) is 0 Å². The molecule has 8 heavy (non-hydrogen) atoms. The van der Waals surface area contributed by atoms with E-state index in [1.165, 1.54) is 6.92 Å². The van der Waals surface area contributed by atoms with Crippen LogP contribution in [0.25, 0.3) is 0 Å². The Morgan fingerprint density at radius 3 is 1.62 bits per heavy atom. The predicted octanol–water partition coefficient (Wildman–Crippen LogP) is 2.50. The van der Waals surface area contributed by atoms with E-state index in [2.05, 4.69) is 0 Å². The molecule has 0 rings (SSSR count). The molecule has 0 radical (unpaired) electrons. The van der Waals surface area contributed by atoms with Crippen LogP contribution in [-0.2, 0) is 0 Å². The van der Waals surface area contributed by atoms with Gasteiger partial charge < -0.3 is 0 Å². The van der Waals surface area contributed by atoms with Crippen molar-refractivity contribution in [1.82, 2.24) is 0 Å². The van der Waals surface area contributed by atoms with Crippen molar-refractivity contribution in [3.63, 3.8) is 0 Å². The summed E-state index contributed by atoms with van der Waals surface area (Å²) in [5.74, 6) is 0. The lowest BCUT2D eigenvalue weighted by Gasteiger charge is -2.00. The van der Waals surface area contributed by atoms with Crippen molar-refractivity contribution in [3.8, 4) is 0 Å². The number of alkyl halides is 3. The fraction of sp³-hybridized carbons (Fsp3) is 1.00. The quantitative estimate of drug-likeness (QED) is 0.481. The number of rotatable bonds is 1. The minimum absolute atomic E-state index is 0. The number of hydrogen-bond donors (Lipinski definition) is 0. The van der Waals surface area contributed by atoms with Gasteiger partial charge in [-0.3, -0.25) is 4.70 Å². The first-order valence-corrected chi connectivity index (χ1v) is 2.13. The minimum atomic E-state index is -3.95. The third-order valence-electron chi connectivity index (χ3n) is 0.533. The van der Waals surface area contributed by atoms with Crippen LogP contribution in [0.3, 0.4) is 0 Å².